The Labute approximate surface area is 163 Å². The van der Waals surface area contributed by atoms with Gasteiger partial charge in [0.15, 0.2) is 0 Å². The van der Waals surface area contributed by atoms with Gasteiger partial charge in [0.25, 0.3) is 5.91 Å². The van der Waals surface area contributed by atoms with E-state index in [1.807, 2.05) is 47.5 Å². The van der Waals surface area contributed by atoms with E-state index in [-0.39, 0.29) is 29.8 Å². The lowest BCUT2D eigenvalue weighted by Gasteiger charge is -2.38. The average molecular weight is 385 g/mol. The van der Waals surface area contributed by atoms with Crippen molar-refractivity contribution >= 4 is 23.2 Å². The standard InChI is InChI=1S/C21H24N2O3S/c1-2-26-21(25)19-16(15-7-4-3-5-8-15)13-22-10-11-23(14-17(19)22)20(24)18-9-6-12-27-18/h3-9,12,16-17,19H,2,10-11,13-14H2,1H3/t16-,17+,19-/m0/s1. The lowest BCUT2D eigenvalue weighted by atomic mass is 9.85. The number of fused-ring (bicyclic) bond motifs is 1. The second-order valence-electron chi connectivity index (χ2n) is 7.09. The number of benzene rings is 1. The Hall–Kier alpha value is -2.18. The molecule has 6 heteroatoms. The zero-order valence-electron chi connectivity index (χ0n) is 15.4. The first-order valence-electron chi connectivity index (χ1n) is 9.47. The van der Waals surface area contributed by atoms with Crippen LogP contribution < -0.4 is 0 Å². The summed E-state index contributed by atoms with van der Waals surface area (Å²) in [5, 5.41) is 1.92. The molecule has 5 nitrogen and oxygen atoms in total. The summed E-state index contributed by atoms with van der Waals surface area (Å²) in [7, 11) is 0. The Morgan fingerprint density at radius 1 is 1.11 bits per heavy atom. The summed E-state index contributed by atoms with van der Waals surface area (Å²) in [5.74, 6) is -0.224. The number of carbonyl (C=O) groups excluding carboxylic acids is 2. The molecule has 2 fully saturated rings. The minimum absolute atomic E-state index is 0.00641. The summed E-state index contributed by atoms with van der Waals surface area (Å²) in [5.41, 5.74) is 1.17. The smallest absolute Gasteiger partial charge is 0.311 e. The van der Waals surface area contributed by atoms with Crippen LogP contribution in [0, 0.1) is 5.92 Å². The highest BCUT2D eigenvalue weighted by Gasteiger charge is 2.49. The molecule has 2 aliphatic rings. The topological polar surface area (TPSA) is 49.9 Å². The number of hydrogen-bond donors (Lipinski definition) is 0. The molecule has 3 atom stereocenters. The number of carbonyl (C=O) groups is 2. The number of rotatable bonds is 4. The molecule has 4 rings (SSSR count). The van der Waals surface area contributed by atoms with Crippen molar-refractivity contribution in [1.29, 1.82) is 0 Å². The van der Waals surface area contributed by atoms with Crippen LogP contribution in [0.1, 0.15) is 28.1 Å². The monoisotopic (exact) mass is 384 g/mol. The van der Waals surface area contributed by atoms with E-state index in [9.17, 15) is 9.59 Å². The molecule has 0 bridgehead atoms. The highest BCUT2D eigenvalue weighted by molar-refractivity contribution is 7.12. The van der Waals surface area contributed by atoms with Gasteiger partial charge in [-0.3, -0.25) is 14.5 Å². The summed E-state index contributed by atoms with van der Waals surface area (Å²) in [6, 6.07) is 14.0. The molecule has 1 aromatic carbocycles. The fraction of sp³-hybridized carbons (Fsp3) is 0.429. The number of piperazine rings is 1. The van der Waals surface area contributed by atoms with Crippen molar-refractivity contribution in [3.63, 3.8) is 0 Å². The van der Waals surface area contributed by atoms with Gasteiger partial charge < -0.3 is 9.64 Å². The van der Waals surface area contributed by atoms with Gasteiger partial charge in [0, 0.05) is 38.1 Å². The zero-order valence-corrected chi connectivity index (χ0v) is 16.2. The van der Waals surface area contributed by atoms with Gasteiger partial charge in [-0.2, -0.15) is 0 Å². The van der Waals surface area contributed by atoms with E-state index >= 15 is 0 Å². The maximum atomic E-state index is 12.8. The van der Waals surface area contributed by atoms with Crippen LogP contribution >= 0.6 is 11.3 Å². The molecule has 0 spiro atoms. The van der Waals surface area contributed by atoms with Crippen molar-refractivity contribution in [2.75, 3.05) is 32.8 Å². The van der Waals surface area contributed by atoms with E-state index in [2.05, 4.69) is 17.0 Å². The summed E-state index contributed by atoms with van der Waals surface area (Å²) in [6.07, 6.45) is 0. The Balaban J connectivity index is 1.59. The van der Waals surface area contributed by atoms with Crippen LogP contribution in [0.3, 0.4) is 0 Å². The van der Waals surface area contributed by atoms with Crippen LogP contribution in [0.25, 0.3) is 0 Å². The van der Waals surface area contributed by atoms with E-state index in [1.54, 1.807) is 0 Å². The Morgan fingerprint density at radius 3 is 2.63 bits per heavy atom. The molecule has 3 heterocycles. The first-order chi connectivity index (χ1) is 13.2. The first kappa shape index (κ1) is 18.2. The van der Waals surface area contributed by atoms with Crippen molar-refractivity contribution < 1.29 is 14.3 Å². The summed E-state index contributed by atoms with van der Waals surface area (Å²) < 4.78 is 5.43. The van der Waals surface area contributed by atoms with Gasteiger partial charge in [-0.1, -0.05) is 36.4 Å². The van der Waals surface area contributed by atoms with Crippen molar-refractivity contribution in [1.82, 2.24) is 9.80 Å². The lowest BCUT2D eigenvalue weighted by Crippen LogP contribution is -2.54. The van der Waals surface area contributed by atoms with Gasteiger partial charge in [-0.25, -0.2) is 0 Å². The third-order valence-corrected chi connectivity index (χ3v) is 6.48. The van der Waals surface area contributed by atoms with Gasteiger partial charge in [0.2, 0.25) is 0 Å². The van der Waals surface area contributed by atoms with E-state index in [0.717, 1.165) is 18.0 Å². The lowest BCUT2D eigenvalue weighted by molar-refractivity contribution is -0.149. The predicted octanol–water partition coefficient (Wildman–Crippen LogP) is 2.85. The fourth-order valence-corrected chi connectivity index (χ4v) is 5.05. The van der Waals surface area contributed by atoms with E-state index in [1.165, 1.54) is 16.9 Å². The minimum Gasteiger partial charge on any atom is -0.466 e. The van der Waals surface area contributed by atoms with Gasteiger partial charge in [-0.05, 0) is 23.9 Å². The van der Waals surface area contributed by atoms with Crippen molar-refractivity contribution in [2.24, 2.45) is 5.92 Å². The van der Waals surface area contributed by atoms with Crippen molar-refractivity contribution in [2.45, 2.75) is 18.9 Å². The third-order valence-electron chi connectivity index (χ3n) is 5.62. The second kappa shape index (κ2) is 7.82. The molecular weight excluding hydrogens is 360 g/mol. The summed E-state index contributed by atoms with van der Waals surface area (Å²) in [4.78, 5) is 30.7. The molecule has 0 unspecified atom stereocenters. The number of esters is 1. The van der Waals surface area contributed by atoms with E-state index in [4.69, 9.17) is 4.74 Å². The molecule has 0 aliphatic carbocycles. The van der Waals surface area contributed by atoms with Crippen molar-refractivity contribution in [3.05, 3.63) is 58.3 Å². The first-order valence-corrected chi connectivity index (χ1v) is 10.4. The summed E-state index contributed by atoms with van der Waals surface area (Å²) >= 11 is 1.47. The molecule has 0 saturated carbocycles. The zero-order chi connectivity index (χ0) is 18.8. The highest BCUT2D eigenvalue weighted by atomic mass is 32.1. The van der Waals surface area contributed by atoms with Crippen molar-refractivity contribution in [3.8, 4) is 0 Å². The SMILES string of the molecule is CCOC(=O)[C@@H]1[C@H]2CN(C(=O)c3cccs3)CCN2C[C@H]1c1ccccc1. The van der Waals surface area contributed by atoms with Crippen LogP contribution in [0.4, 0.5) is 0 Å². The molecule has 1 amide bonds. The maximum Gasteiger partial charge on any atom is 0.311 e. The molecule has 0 N–H and O–H groups in total. The Bertz CT molecular complexity index is 793. The molecule has 2 aromatic rings. The molecule has 0 radical (unpaired) electrons. The van der Waals surface area contributed by atoms with Gasteiger partial charge in [0.05, 0.1) is 17.4 Å². The van der Waals surface area contributed by atoms with Gasteiger partial charge in [0.1, 0.15) is 0 Å². The molecule has 2 saturated heterocycles. The molecule has 27 heavy (non-hydrogen) atoms. The predicted molar refractivity (Wildman–Crippen MR) is 105 cm³/mol. The number of hydrogen-bond acceptors (Lipinski definition) is 5. The third kappa shape index (κ3) is 3.51. The van der Waals surface area contributed by atoms with E-state index < -0.39 is 0 Å². The number of amides is 1. The highest BCUT2D eigenvalue weighted by Crippen LogP contribution is 2.40. The van der Waals surface area contributed by atoms with E-state index in [0.29, 0.717) is 19.7 Å². The molecule has 1 aromatic heterocycles. The fourth-order valence-electron chi connectivity index (χ4n) is 4.36. The molecule has 2 aliphatic heterocycles. The number of thiophene rings is 1. The summed E-state index contributed by atoms with van der Waals surface area (Å²) in [6.45, 7) is 5.12. The maximum absolute atomic E-state index is 12.8. The number of nitrogens with zero attached hydrogens (tertiary/aromatic N) is 2. The minimum atomic E-state index is -0.244. The van der Waals surface area contributed by atoms with Gasteiger partial charge >= 0.3 is 5.97 Å². The average Bonchev–Trinajstić information content (AvgIpc) is 3.35. The Morgan fingerprint density at radius 2 is 1.93 bits per heavy atom. The largest absolute Gasteiger partial charge is 0.466 e. The van der Waals surface area contributed by atoms with Gasteiger partial charge in [-0.15, -0.1) is 11.3 Å². The number of ether oxygens (including phenoxy) is 1. The molecule has 142 valence electrons. The van der Waals surface area contributed by atoms with Crippen LogP contribution in [-0.4, -0.2) is 60.5 Å². The molecular formula is C21H24N2O3S. The van der Waals surface area contributed by atoms with Crippen LogP contribution in [-0.2, 0) is 9.53 Å². The van der Waals surface area contributed by atoms with Crippen LogP contribution in [0.2, 0.25) is 0 Å². The second-order valence-corrected chi connectivity index (χ2v) is 8.03. The van der Waals surface area contributed by atoms with Crippen LogP contribution in [0.15, 0.2) is 47.8 Å². The van der Waals surface area contributed by atoms with Crippen LogP contribution in [0.5, 0.6) is 0 Å². The quantitative estimate of drug-likeness (QED) is 0.761. The normalized spacial score (nSPS) is 25.2. The Kier molecular flexibility index (Phi) is 5.27.